The monoisotopic (exact) mass is 299 g/mol. The number of rotatable bonds is 2. The molecule has 1 aliphatic rings. The molecule has 0 aromatic heterocycles. The molecule has 2 aromatic rings. The molecule has 1 aliphatic heterocycles. The van der Waals surface area contributed by atoms with Crippen LogP contribution in [-0.2, 0) is 5.54 Å². The summed E-state index contributed by atoms with van der Waals surface area (Å²) in [6.45, 7) is 4.83. The van der Waals surface area contributed by atoms with Crippen LogP contribution < -0.4 is 10.6 Å². The van der Waals surface area contributed by atoms with Crippen LogP contribution >= 0.6 is 11.6 Å². The molecule has 108 valence electrons. The second kappa shape index (κ2) is 5.08. The molecule has 0 amide bonds. The average Bonchev–Trinajstić information content (AvgIpc) is 2.76. The first-order chi connectivity index (χ1) is 10.0. The van der Waals surface area contributed by atoms with Gasteiger partial charge < -0.3 is 10.6 Å². The van der Waals surface area contributed by atoms with Crippen molar-refractivity contribution in [3.8, 4) is 0 Å². The quantitative estimate of drug-likeness (QED) is 0.918. The highest BCUT2D eigenvalue weighted by Gasteiger charge is 2.40. The van der Waals surface area contributed by atoms with Crippen molar-refractivity contribution in [2.24, 2.45) is 10.7 Å². The maximum Gasteiger partial charge on any atom is 0.196 e. The van der Waals surface area contributed by atoms with E-state index in [0.717, 1.165) is 16.3 Å². The summed E-state index contributed by atoms with van der Waals surface area (Å²) < 4.78 is 0. The minimum Gasteiger partial charge on any atom is -0.369 e. The molecule has 2 N–H and O–H groups in total. The Bertz CT molecular complexity index is 711. The third-order valence-electron chi connectivity index (χ3n) is 3.98. The Morgan fingerprint density at radius 3 is 2.67 bits per heavy atom. The molecule has 3 rings (SSSR count). The highest BCUT2D eigenvalue weighted by Crippen LogP contribution is 2.37. The van der Waals surface area contributed by atoms with Gasteiger partial charge in [-0.1, -0.05) is 35.9 Å². The Balaban J connectivity index is 2.10. The maximum absolute atomic E-state index is 6.16. The van der Waals surface area contributed by atoms with E-state index in [-0.39, 0.29) is 5.54 Å². The number of guanidine groups is 1. The number of aliphatic imine (C=N–C) groups is 1. The highest BCUT2D eigenvalue weighted by atomic mass is 35.5. The summed E-state index contributed by atoms with van der Waals surface area (Å²) in [5, 5.41) is 0.725. The molecule has 0 spiro atoms. The molecule has 0 saturated carbocycles. The molecule has 0 fully saturated rings. The van der Waals surface area contributed by atoms with Crippen molar-refractivity contribution in [1.82, 2.24) is 0 Å². The van der Waals surface area contributed by atoms with Gasteiger partial charge in [-0.25, -0.2) is 0 Å². The van der Waals surface area contributed by atoms with Gasteiger partial charge in [0.15, 0.2) is 5.96 Å². The minimum absolute atomic E-state index is 0.317. The summed E-state index contributed by atoms with van der Waals surface area (Å²) >= 11 is 6.15. The van der Waals surface area contributed by atoms with Gasteiger partial charge in [-0.05, 0) is 49.2 Å². The van der Waals surface area contributed by atoms with Crippen molar-refractivity contribution in [3.63, 3.8) is 0 Å². The number of hydrogen-bond acceptors (Lipinski definition) is 3. The van der Waals surface area contributed by atoms with Crippen LogP contribution in [0, 0.1) is 6.92 Å². The number of nitrogens with two attached hydrogens (primary N) is 1. The number of aryl methyl sites for hydroxylation is 1. The summed E-state index contributed by atoms with van der Waals surface area (Å²) in [6.07, 6.45) is 0. The molecule has 2 aromatic carbocycles. The molecule has 1 heterocycles. The van der Waals surface area contributed by atoms with Crippen LogP contribution in [0.5, 0.6) is 0 Å². The maximum atomic E-state index is 6.16. The minimum atomic E-state index is -0.317. The Morgan fingerprint density at radius 1 is 1.19 bits per heavy atom. The Hall–Kier alpha value is -2.00. The molecule has 1 unspecified atom stereocenters. The summed E-state index contributed by atoms with van der Waals surface area (Å²) in [7, 11) is 0. The van der Waals surface area contributed by atoms with Crippen molar-refractivity contribution in [3.05, 3.63) is 64.7 Å². The fourth-order valence-electron chi connectivity index (χ4n) is 2.86. The van der Waals surface area contributed by atoms with Gasteiger partial charge in [0.25, 0.3) is 0 Å². The topological polar surface area (TPSA) is 41.6 Å². The van der Waals surface area contributed by atoms with E-state index in [0.29, 0.717) is 12.5 Å². The number of halogens is 1. The van der Waals surface area contributed by atoms with E-state index in [1.165, 1.54) is 5.56 Å². The lowest BCUT2D eigenvalue weighted by Gasteiger charge is -2.37. The standard InChI is InChI=1S/C17H18ClN3/c1-12-5-3-8-15(9-12)21-16(19)20-11-17(21,2)13-6-4-7-14(18)10-13/h3-10H,11H2,1-2H3,(H2,19,20). The lowest BCUT2D eigenvalue weighted by Crippen LogP contribution is -2.47. The molecule has 4 heteroatoms. The number of anilines is 1. The van der Waals surface area contributed by atoms with E-state index in [1.54, 1.807) is 0 Å². The lowest BCUT2D eigenvalue weighted by atomic mass is 9.90. The Morgan fingerprint density at radius 2 is 1.95 bits per heavy atom. The summed E-state index contributed by atoms with van der Waals surface area (Å²) in [4.78, 5) is 6.55. The zero-order chi connectivity index (χ0) is 15.0. The van der Waals surface area contributed by atoms with Gasteiger partial charge in [-0.15, -0.1) is 0 Å². The van der Waals surface area contributed by atoms with Gasteiger partial charge >= 0.3 is 0 Å². The summed E-state index contributed by atoms with van der Waals surface area (Å²) in [6, 6.07) is 16.2. The third-order valence-corrected chi connectivity index (χ3v) is 4.21. The average molecular weight is 300 g/mol. The SMILES string of the molecule is Cc1cccc(N2C(N)=NCC2(C)c2cccc(Cl)c2)c1. The zero-order valence-corrected chi connectivity index (χ0v) is 12.9. The summed E-state index contributed by atoms with van der Waals surface area (Å²) in [5.41, 5.74) is 9.20. The van der Waals surface area contributed by atoms with Crippen molar-refractivity contribution < 1.29 is 0 Å². The van der Waals surface area contributed by atoms with Crippen LogP contribution in [0.25, 0.3) is 0 Å². The van der Waals surface area contributed by atoms with Crippen LogP contribution in [0.15, 0.2) is 53.5 Å². The van der Waals surface area contributed by atoms with Gasteiger partial charge in [-0.2, -0.15) is 0 Å². The van der Waals surface area contributed by atoms with E-state index in [2.05, 4.69) is 48.0 Å². The largest absolute Gasteiger partial charge is 0.369 e. The van der Waals surface area contributed by atoms with E-state index in [4.69, 9.17) is 17.3 Å². The van der Waals surface area contributed by atoms with Gasteiger partial charge in [-0.3, -0.25) is 4.99 Å². The van der Waals surface area contributed by atoms with Gasteiger partial charge in [0, 0.05) is 10.7 Å². The van der Waals surface area contributed by atoms with E-state index >= 15 is 0 Å². The van der Waals surface area contributed by atoms with Crippen LogP contribution in [0.3, 0.4) is 0 Å². The van der Waals surface area contributed by atoms with Crippen molar-refractivity contribution in [2.75, 3.05) is 11.4 Å². The van der Waals surface area contributed by atoms with Crippen LogP contribution in [0.1, 0.15) is 18.1 Å². The fraction of sp³-hybridized carbons (Fsp3) is 0.235. The molecule has 0 bridgehead atoms. The van der Waals surface area contributed by atoms with Gasteiger partial charge in [0.2, 0.25) is 0 Å². The first-order valence-corrected chi connectivity index (χ1v) is 7.31. The third kappa shape index (κ3) is 2.38. The molecular formula is C17H18ClN3. The molecule has 0 radical (unpaired) electrons. The summed E-state index contributed by atoms with van der Waals surface area (Å²) in [5.74, 6) is 0.545. The van der Waals surface area contributed by atoms with Crippen LogP contribution in [0.2, 0.25) is 5.02 Å². The van der Waals surface area contributed by atoms with Crippen molar-refractivity contribution >= 4 is 23.2 Å². The van der Waals surface area contributed by atoms with E-state index in [9.17, 15) is 0 Å². The van der Waals surface area contributed by atoms with Gasteiger partial charge in [0.1, 0.15) is 0 Å². The lowest BCUT2D eigenvalue weighted by molar-refractivity contribution is 0.533. The second-order valence-electron chi connectivity index (χ2n) is 5.63. The molecule has 3 nitrogen and oxygen atoms in total. The van der Waals surface area contributed by atoms with Gasteiger partial charge in [0.05, 0.1) is 12.1 Å². The Labute approximate surface area is 130 Å². The van der Waals surface area contributed by atoms with Crippen molar-refractivity contribution in [1.29, 1.82) is 0 Å². The molecular weight excluding hydrogens is 282 g/mol. The predicted octanol–water partition coefficient (Wildman–Crippen LogP) is 3.70. The molecule has 1 atom stereocenters. The molecule has 21 heavy (non-hydrogen) atoms. The second-order valence-corrected chi connectivity index (χ2v) is 6.07. The van der Waals surface area contributed by atoms with Crippen LogP contribution in [-0.4, -0.2) is 12.5 Å². The van der Waals surface area contributed by atoms with Crippen molar-refractivity contribution in [2.45, 2.75) is 19.4 Å². The first-order valence-electron chi connectivity index (χ1n) is 6.93. The zero-order valence-electron chi connectivity index (χ0n) is 12.2. The highest BCUT2D eigenvalue weighted by molar-refractivity contribution is 6.30. The fourth-order valence-corrected chi connectivity index (χ4v) is 3.05. The molecule has 0 saturated heterocycles. The van der Waals surface area contributed by atoms with E-state index < -0.39 is 0 Å². The number of nitrogens with zero attached hydrogens (tertiary/aromatic N) is 2. The smallest absolute Gasteiger partial charge is 0.196 e. The normalized spacial score (nSPS) is 21.5. The Kier molecular flexibility index (Phi) is 3.38. The van der Waals surface area contributed by atoms with E-state index in [1.807, 2.05) is 24.3 Å². The number of hydrogen-bond donors (Lipinski definition) is 1. The molecule has 0 aliphatic carbocycles. The first kappa shape index (κ1) is 14.0. The van der Waals surface area contributed by atoms with Crippen LogP contribution in [0.4, 0.5) is 5.69 Å². The number of benzene rings is 2. The predicted molar refractivity (Wildman–Crippen MR) is 89.0 cm³/mol.